The third-order valence-electron chi connectivity index (χ3n) is 6.96. The first-order chi connectivity index (χ1) is 14.8. The maximum absolute atomic E-state index is 13.0. The summed E-state index contributed by atoms with van der Waals surface area (Å²) >= 11 is 0. The predicted octanol–water partition coefficient (Wildman–Crippen LogP) is 2.12. The molecular weight excluding hydrogens is 400 g/mol. The predicted molar refractivity (Wildman–Crippen MR) is 114 cm³/mol. The number of aliphatic carboxylic acids is 1. The molecule has 2 bridgehead atoms. The number of carboxylic acids is 1. The topological polar surface area (TPSA) is 127 Å². The van der Waals surface area contributed by atoms with Crippen molar-refractivity contribution in [3.8, 4) is 0 Å². The van der Waals surface area contributed by atoms with E-state index in [4.69, 9.17) is 10.1 Å². The van der Waals surface area contributed by atoms with Gasteiger partial charge >= 0.3 is 11.7 Å². The van der Waals surface area contributed by atoms with Gasteiger partial charge in [-0.25, -0.2) is 14.6 Å². The van der Waals surface area contributed by atoms with Crippen LogP contribution in [0.4, 0.5) is 0 Å². The minimum atomic E-state index is -1.06. The Labute approximate surface area is 178 Å². The van der Waals surface area contributed by atoms with E-state index in [1.807, 2.05) is 13.8 Å². The highest BCUT2D eigenvalue weighted by Crippen LogP contribution is 2.56. The van der Waals surface area contributed by atoms with Gasteiger partial charge in [-0.15, -0.1) is 0 Å². The molecule has 2 aromatic heterocycles. The van der Waals surface area contributed by atoms with E-state index in [0.29, 0.717) is 62.2 Å². The largest absolute Gasteiger partial charge is 0.478 e. The number of carboxylic acid groups (broad SMARTS) is 1. The molecule has 3 aliphatic rings. The van der Waals surface area contributed by atoms with Crippen molar-refractivity contribution in [1.82, 2.24) is 19.1 Å². The minimum absolute atomic E-state index is 0.0114. The fourth-order valence-electron chi connectivity index (χ4n) is 5.19. The van der Waals surface area contributed by atoms with Gasteiger partial charge in [-0.1, -0.05) is 19.9 Å². The molecule has 0 saturated heterocycles. The van der Waals surface area contributed by atoms with E-state index in [0.717, 1.165) is 12.5 Å². The summed E-state index contributed by atoms with van der Waals surface area (Å²) in [5.41, 5.74) is -1.28. The number of hydrogen-bond donors (Lipinski definition) is 2. The van der Waals surface area contributed by atoms with Gasteiger partial charge in [0.05, 0.1) is 0 Å². The molecule has 166 valence electrons. The lowest BCUT2D eigenvalue weighted by molar-refractivity contribution is -0.136. The molecular formula is C22H28N4O5. The molecule has 2 aromatic rings. The van der Waals surface area contributed by atoms with E-state index in [9.17, 15) is 19.2 Å². The van der Waals surface area contributed by atoms with Crippen LogP contribution in [0.15, 0.2) is 21.7 Å². The molecule has 0 radical (unpaired) electrons. The number of hydrogen-bond acceptors (Lipinski definition) is 5. The van der Waals surface area contributed by atoms with Crippen LogP contribution in [0, 0.1) is 5.41 Å². The summed E-state index contributed by atoms with van der Waals surface area (Å²) in [6.45, 7) is 4.68. The molecule has 2 heterocycles. The van der Waals surface area contributed by atoms with Crippen LogP contribution >= 0.6 is 0 Å². The van der Waals surface area contributed by atoms with Crippen LogP contribution in [0.25, 0.3) is 11.2 Å². The average molecular weight is 428 g/mol. The second kappa shape index (κ2) is 7.62. The Morgan fingerprint density at radius 3 is 2.32 bits per heavy atom. The summed E-state index contributed by atoms with van der Waals surface area (Å²) < 4.78 is 2.81. The summed E-state index contributed by atoms with van der Waals surface area (Å²) in [7, 11) is 0. The number of carbonyl (C=O) groups is 2. The summed E-state index contributed by atoms with van der Waals surface area (Å²) in [6.07, 6.45) is 6.69. The van der Waals surface area contributed by atoms with Gasteiger partial charge in [0.25, 0.3) is 5.56 Å². The van der Waals surface area contributed by atoms with Gasteiger partial charge in [-0.3, -0.25) is 18.7 Å². The maximum atomic E-state index is 13.0. The van der Waals surface area contributed by atoms with Crippen LogP contribution in [0.2, 0.25) is 0 Å². The summed E-state index contributed by atoms with van der Waals surface area (Å²) in [4.78, 5) is 57.8. The van der Waals surface area contributed by atoms with Gasteiger partial charge in [0.15, 0.2) is 5.65 Å². The van der Waals surface area contributed by atoms with Crippen molar-refractivity contribution in [2.45, 2.75) is 77.3 Å². The third-order valence-corrected chi connectivity index (χ3v) is 6.96. The van der Waals surface area contributed by atoms with E-state index in [1.54, 1.807) is 10.6 Å². The van der Waals surface area contributed by atoms with Crippen molar-refractivity contribution in [3.05, 3.63) is 38.8 Å². The SMILES string of the molecule is CCCn1c(=O)c2[nH]c(C34CCC(C=CC(=O)O)(CC3)C(=O)C4)nc2n(CCC)c1=O. The van der Waals surface area contributed by atoms with Crippen LogP contribution in [0.1, 0.15) is 64.6 Å². The molecule has 0 amide bonds. The number of rotatable bonds is 7. The summed E-state index contributed by atoms with van der Waals surface area (Å²) in [5, 5.41) is 8.97. The molecule has 2 N–H and O–H groups in total. The van der Waals surface area contributed by atoms with Crippen LogP contribution in [-0.2, 0) is 28.1 Å². The molecule has 0 spiro atoms. The number of aromatic nitrogens is 4. The number of imidazole rings is 1. The first kappa shape index (κ1) is 21.3. The maximum Gasteiger partial charge on any atom is 0.332 e. The van der Waals surface area contributed by atoms with Crippen molar-refractivity contribution in [2.24, 2.45) is 5.41 Å². The van der Waals surface area contributed by atoms with Crippen LogP contribution < -0.4 is 11.2 Å². The lowest BCUT2D eigenvalue weighted by Crippen LogP contribution is -2.50. The van der Waals surface area contributed by atoms with Gasteiger partial charge in [0, 0.05) is 36.4 Å². The van der Waals surface area contributed by atoms with E-state index < -0.39 is 16.8 Å². The number of ketones is 1. The van der Waals surface area contributed by atoms with Crippen LogP contribution in [0.3, 0.4) is 0 Å². The number of nitrogens with one attached hydrogen (secondary N) is 1. The van der Waals surface area contributed by atoms with E-state index in [2.05, 4.69) is 4.98 Å². The highest BCUT2D eigenvalue weighted by Gasteiger charge is 2.55. The standard InChI is InChI=1S/C22H28N4O5/c1-3-11-25-17-16(18(30)26(12-4-2)20(25)31)23-19(24-17)22-9-7-21(8-10-22,14(27)13-22)6-5-15(28)29/h5-6H,3-4,7-13H2,1-2H3,(H,23,24)(H,28,29). The minimum Gasteiger partial charge on any atom is -0.478 e. The van der Waals surface area contributed by atoms with Gasteiger partial charge in [0.1, 0.15) is 17.1 Å². The molecule has 0 unspecified atom stereocenters. The molecule has 31 heavy (non-hydrogen) atoms. The second-order valence-electron chi connectivity index (χ2n) is 8.88. The highest BCUT2D eigenvalue weighted by atomic mass is 16.4. The van der Waals surface area contributed by atoms with E-state index >= 15 is 0 Å². The zero-order valence-corrected chi connectivity index (χ0v) is 17.9. The molecule has 9 nitrogen and oxygen atoms in total. The monoisotopic (exact) mass is 428 g/mol. The fraction of sp³-hybridized carbons (Fsp3) is 0.591. The third kappa shape index (κ3) is 3.26. The van der Waals surface area contributed by atoms with Crippen molar-refractivity contribution in [3.63, 3.8) is 0 Å². The van der Waals surface area contributed by atoms with Gasteiger partial charge in [-0.05, 0) is 38.5 Å². The average Bonchev–Trinajstić information content (AvgIpc) is 3.20. The Bertz CT molecular complexity index is 1190. The first-order valence-electron chi connectivity index (χ1n) is 11.0. The molecule has 0 aliphatic heterocycles. The van der Waals surface area contributed by atoms with Gasteiger partial charge in [0.2, 0.25) is 0 Å². The van der Waals surface area contributed by atoms with Crippen molar-refractivity contribution < 1.29 is 14.7 Å². The Kier molecular flexibility index (Phi) is 5.23. The number of fused-ring (bicyclic) bond motifs is 4. The lowest BCUT2D eigenvalue weighted by atomic mass is 9.52. The number of H-pyrrole nitrogens is 1. The number of allylic oxidation sites excluding steroid dienone is 1. The fourth-order valence-corrected chi connectivity index (χ4v) is 5.19. The summed E-state index contributed by atoms with van der Waals surface area (Å²) in [5.74, 6) is -0.460. The first-order valence-corrected chi connectivity index (χ1v) is 11.0. The smallest absolute Gasteiger partial charge is 0.332 e. The molecule has 5 rings (SSSR count). The van der Waals surface area contributed by atoms with Gasteiger partial charge in [-0.2, -0.15) is 0 Å². The van der Waals surface area contributed by atoms with Crippen LogP contribution in [-0.4, -0.2) is 36.0 Å². The lowest BCUT2D eigenvalue weighted by Gasteiger charge is -2.50. The van der Waals surface area contributed by atoms with Crippen LogP contribution in [0.5, 0.6) is 0 Å². The Hall–Kier alpha value is -2.97. The number of Topliss-reactive ketones (excluding diaryl/α,β-unsaturated/α-hetero) is 1. The second-order valence-corrected chi connectivity index (χ2v) is 8.88. The zero-order chi connectivity index (χ0) is 22.4. The number of nitrogens with zero attached hydrogens (tertiary/aromatic N) is 3. The molecule has 0 atom stereocenters. The Morgan fingerprint density at radius 1 is 1.10 bits per heavy atom. The van der Waals surface area contributed by atoms with E-state index in [-0.39, 0.29) is 23.5 Å². The molecule has 3 aliphatic carbocycles. The van der Waals surface area contributed by atoms with Crippen molar-refractivity contribution in [1.29, 1.82) is 0 Å². The molecule has 3 saturated carbocycles. The number of aromatic amines is 1. The van der Waals surface area contributed by atoms with Crippen molar-refractivity contribution in [2.75, 3.05) is 0 Å². The van der Waals surface area contributed by atoms with Crippen molar-refractivity contribution >= 4 is 22.9 Å². The number of carbonyl (C=O) groups excluding carboxylic acids is 1. The highest BCUT2D eigenvalue weighted by molar-refractivity contribution is 5.91. The number of aryl methyl sites for hydroxylation is 1. The molecule has 9 heteroatoms. The quantitative estimate of drug-likeness (QED) is 0.651. The normalized spacial score (nSPS) is 25.7. The van der Waals surface area contributed by atoms with Gasteiger partial charge < -0.3 is 10.1 Å². The zero-order valence-electron chi connectivity index (χ0n) is 17.9. The van der Waals surface area contributed by atoms with E-state index in [1.165, 1.54) is 4.57 Å². The Morgan fingerprint density at radius 2 is 1.74 bits per heavy atom. The molecule has 0 aromatic carbocycles. The Balaban J connectivity index is 1.80. The summed E-state index contributed by atoms with van der Waals surface area (Å²) in [6, 6.07) is 0. The molecule has 3 fully saturated rings.